The third kappa shape index (κ3) is 4.70. The lowest BCUT2D eigenvalue weighted by atomic mass is 10.1. The maximum absolute atomic E-state index is 12.6. The van der Waals surface area contributed by atoms with Crippen molar-refractivity contribution >= 4 is 27.6 Å². The first-order valence-electron chi connectivity index (χ1n) is 9.68. The highest BCUT2D eigenvalue weighted by molar-refractivity contribution is 7.90. The lowest BCUT2D eigenvalue weighted by Crippen LogP contribution is -2.24. The minimum Gasteiger partial charge on any atom is -0.456 e. The van der Waals surface area contributed by atoms with Gasteiger partial charge in [-0.05, 0) is 39.0 Å². The smallest absolute Gasteiger partial charge is 0.328 e. The van der Waals surface area contributed by atoms with Gasteiger partial charge in [0.2, 0.25) is 5.78 Å². The van der Waals surface area contributed by atoms with Gasteiger partial charge in [0.05, 0.1) is 17.5 Å². The topological polar surface area (TPSA) is 116 Å². The van der Waals surface area contributed by atoms with Crippen LogP contribution in [0.3, 0.4) is 0 Å². The fraction of sp³-hybridized carbons (Fsp3) is 0.381. The zero-order chi connectivity index (χ0) is 22.8. The van der Waals surface area contributed by atoms with Crippen LogP contribution in [0.25, 0.3) is 0 Å². The number of ether oxygens (including phenoxy) is 2. The number of Topliss-reactive ketones (excluding diaryl/α,β-unsaturated/α-hetero) is 1. The molecule has 1 aliphatic heterocycles. The molecule has 31 heavy (non-hydrogen) atoms. The Kier molecular flexibility index (Phi) is 6.61. The minimum atomic E-state index is -3.68. The number of carbonyl (C=O) groups is 2. The first-order chi connectivity index (χ1) is 14.7. The van der Waals surface area contributed by atoms with Crippen LogP contribution in [0.1, 0.15) is 40.3 Å². The van der Waals surface area contributed by atoms with E-state index in [2.05, 4.69) is 9.71 Å². The van der Waals surface area contributed by atoms with Gasteiger partial charge in [-0.25, -0.2) is 8.42 Å². The molecule has 1 aromatic heterocycles. The summed E-state index contributed by atoms with van der Waals surface area (Å²) in [6.07, 6.45) is 0. The molecular formula is C21H25N3O6S. The van der Waals surface area contributed by atoms with Gasteiger partial charge in [-0.1, -0.05) is 12.1 Å². The van der Waals surface area contributed by atoms with Crippen LogP contribution in [-0.4, -0.2) is 57.4 Å². The molecule has 0 saturated carbocycles. The number of amidine groups is 1. The summed E-state index contributed by atoms with van der Waals surface area (Å²) in [4.78, 5) is 28.8. The Balaban J connectivity index is 1.63. The second-order valence-electron chi connectivity index (χ2n) is 7.31. The predicted octanol–water partition coefficient (Wildman–Crippen LogP) is 1.78. The van der Waals surface area contributed by atoms with E-state index >= 15 is 0 Å². The van der Waals surface area contributed by atoms with E-state index in [1.165, 1.54) is 6.07 Å². The van der Waals surface area contributed by atoms with Crippen LogP contribution in [0.5, 0.6) is 0 Å². The molecule has 0 fully saturated rings. The second-order valence-corrected chi connectivity index (χ2v) is 8.96. The molecule has 1 atom stereocenters. The number of nitrogens with zero attached hydrogens (tertiary/aromatic N) is 2. The van der Waals surface area contributed by atoms with Gasteiger partial charge in [0.15, 0.2) is 6.61 Å². The highest BCUT2D eigenvalue weighted by Crippen LogP contribution is 2.23. The van der Waals surface area contributed by atoms with Crippen molar-refractivity contribution in [3.8, 4) is 0 Å². The Labute approximate surface area is 181 Å². The number of rotatable bonds is 8. The molecule has 0 bridgehead atoms. The standard InChI is InChI=1S/C21H25N3O6S/c1-13-9-17(15(3)24(13)14(2)11-29-4)18(25)12-30-20(26)10-22-21-16-7-5-6-8-19(16)31(27,28)23-21/h5-9,14H,10-12H2,1-4H3,(H,22,23)/t14-/m1/s1. The molecule has 1 aromatic carbocycles. The van der Waals surface area contributed by atoms with Crippen LogP contribution in [0.2, 0.25) is 0 Å². The number of carbonyl (C=O) groups excluding carboxylic acids is 2. The monoisotopic (exact) mass is 447 g/mol. The van der Waals surface area contributed by atoms with Gasteiger partial charge in [-0.2, -0.15) is 0 Å². The normalized spacial score (nSPS) is 16.6. The number of sulfonamides is 1. The largest absolute Gasteiger partial charge is 0.456 e. The highest BCUT2D eigenvalue weighted by atomic mass is 32.2. The number of aliphatic imine (C=N–C) groups is 1. The van der Waals surface area contributed by atoms with Crippen molar-refractivity contribution in [2.45, 2.75) is 31.7 Å². The average molecular weight is 448 g/mol. The first kappa shape index (κ1) is 22.7. The summed E-state index contributed by atoms with van der Waals surface area (Å²) in [5.41, 5.74) is 2.57. The van der Waals surface area contributed by atoms with Gasteiger partial charge in [-0.3, -0.25) is 19.3 Å². The first-order valence-corrected chi connectivity index (χ1v) is 11.2. The molecule has 3 rings (SSSR count). The van der Waals surface area contributed by atoms with Gasteiger partial charge in [0, 0.05) is 29.6 Å². The van der Waals surface area contributed by atoms with E-state index in [1.54, 1.807) is 31.4 Å². The van der Waals surface area contributed by atoms with Gasteiger partial charge in [0.1, 0.15) is 12.4 Å². The summed E-state index contributed by atoms with van der Waals surface area (Å²) >= 11 is 0. The zero-order valence-corrected chi connectivity index (χ0v) is 18.7. The Hall–Kier alpha value is -2.98. The third-order valence-electron chi connectivity index (χ3n) is 5.03. The average Bonchev–Trinajstić information content (AvgIpc) is 3.17. The number of esters is 1. The van der Waals surface area contributed by atoms with Gasteiger partial charge in [-0.15, -0.1) is 0 Å². The summed E-state index contributed by atoms with van der Waals surface area (Å²) in [6, 6.07) is 8.17. The molecule has 1 aliphatic rings. The molecule has 10 heteroatoms. The number of aromatic nitrogens is 1. The van der Waals surface area contributed by atoms with E-state index in [4.69, 9.17) is 9.47 Å². The summed E-state index contributed by atoms with van der Waals surface area (Å²) in [7, 11) is -2.06. The van der Waals surface area contributed by atoms with Crippen LogP contribution >= 0.6 is 0 Å². The Morgan fingerprint density at radius 2 is 1.94 bits per heavy atom. The minimum absolute atomic E-state index is 0.0583. The lowest BCUT2D eigenvalue weighted by molar-refractivity contribution is -0.140. The van der Waals surface area contributed by atoms with Crippen molar-refractivity contribution in [2.24, 2.45) is 4.99 Å². The van der Waals surface area contributed by atoms with Crippen molar-refractivity contribution in [3.05, 3.63) is 52.8 Å². The van der Waals surface area contributed by atoms with Crippen molar-refractivity contribution in [1.82, 2.24) is 9.29 Å². The molecule has 2 heterocycles. The fourth-order valence-corrected chi connectivity index (χ4v) is 4.97. The molecule has 9 nitrogen and oxygen atoms in total. The van der Waals surface area contributed by atoms with Gasteiger partial charge in [0.25, 0.3) is 10.0 Å². The molecule has 0 aliphatic carbocycles. The number of nitrogens with one attached hydrogen (secondary N) is 1. The van der Waals surface area contributed by atoms with Crippen LogP contribution in [-0.2, 0) is 24.3 Å². The van der Waals surface area contributed by atoms with Crippen LogP contribution in [0.4, 0.5) is 0 Å². The van der Waals surface area contributed by atoms with E-state index < -0.39 is 29.1 Å². The molecule has 0 spiro atoms. The Morgan fingerprint density at radius 1 is 1.23 bits per heavy atom. The number of hydrogen-bond acceptors (Lipinski definition) is 7. The van der Waals surface area contributed by atoms with Crippen LogP contribution in [0.15, 0.2) is 40.2 Å². The maximum atomic E-state index is 12.6. The quantitative estimate of drug-likeness (QED) is 0.487. The van der Waals surface area contributed by atoms with Crippen molar-refractivity contribution < 1.29 is 27.5 Å². The SMILES string of the molecule is COC[C@@H](C)n1c(C)cc(C(=O)COC(=O)CN=C2NS(=O)(=O)c3ccccc32)c1C. The van der Waals surface area contributed by atoms with Gasteiger partial charge >= 0.3 is 5.97 Å². The van der Waals surface area contributed by atoms with E-state index in [1.807, 2.05) is 25.3 Å². The predicted molar refractivity (Wildman–Crippen MR) is 114 cm³/mol. The Morgan fingerprint density at radius 3 is 2.65 bits per heavy atom. The van der Waals surface area contributed by atoms with E-state index in [0.717, 1.165) is 11.4 Å². The lowest BCUT2D eigenvalue weighted by Gasteiger charge is -2.17. The summed E-state index contributed by atoms with van der Waals surface area (Å²) in [5.74, 6) is -0.975. The number of methoxy groups -OCH3 is 1. The van der Waals surface area contributed by atoms with E-state index in [9.17, 15) is 18.0 Å². The number of hydrogen-bond donors (Lipinski definition) is 1. The van der Waals surface area contributed by atoms with Crippen molar-refractivity contribution in [2.75, 3.05) is 26.9 Å². The number of ketones is 1. The van der Waals surface area contributed by atoms with Crippen LogP contribution in [0, 0.1) is 13.8 Å². The molecule has 1 N–H and O–H groups in total. The molecule has 0 saturated heterocycles. The summed E-state index contributed by atoms with van der Waals surface area (Å²) in [5, 5.41) is 0. The number of benzene rings is 1. The number of fused-ring (bicyclic) bond motifs is 1. The molecular weight excluding hydrogens is 422 g/mol. The van der Waals surface area contributed by atoms with E-state index in [-0.39, 0.29) is 22.6 Å². The zero-order valence-electron chi connectivity index (χ0n) is 17.8. The van der Waals surface area contributed by atoms with Crippen molar-refractivity contribution in [1.29, 1.82) is 0 Å². The third-order valence-corrected chi connectivity index (χ3v) is 6.42. The number of aryl methyl sites for hydroxylation is 1. The highest BCUT2D eigenvalue weighted by Gasteiger charge is 2.30. The maximum Gasteiger partial charge on any atom is 0.328 e. The molecule has 0 amide bonds. The second kappa shape index (κ2) is 9.03. The van der Waals surface area contributed by atoms with Crippen LogP contribution < -0.4 is 4.72 Å². The van der Waals surface area contributed by atoms with E-state index in [0.29, 0.717) is 17.7 Å². The fourth-order valence-electron chi connectivity index (χ4n) is 3.72. The van der Waals surface area contributed by atoms with Crippen molar-refractivity contribution in [3.63, 3.8) is 0 Å². The van der Waals surface area contributed by atoms with Gasteiger partial charge < -0.3 is 14.0 Å². The molecule has 0 unspecified atom stereocenters. The molecule has 2 aromatic rings. The Bertz CT molecular complexity index is 1150. The molecule has 0 radical (unpaired) electrons. The molecule has 166 valence electrons. The summed E-state index contributed by atoms with van der Waals surface area (Å²) < 4.78 is 38.7. The summed E-state index contributed by atoms with van der Waals surface area (Å²) in [6.45, 7) is 5.40.